The number of ether oxygens (including phenoxy) is 2. The molecule has 1 heterocycles. The molecular formula is C9H18N2O4. The third kappa shape index (κ3) is 2.75. The molecule has 1 fully saturated rings. The third-order valence-electron chi connectivity index (χ3n) is 2.36. The zero-order chi connectivity index (χ0) is 11.4. The molecule has 0 radical (unpaired) electrons. The summed E-state index contributed by atoms with van der Waals surface area (Å²) in [7, 11) is 0. The van der Waals surface area contributed by atoms with Crippen molar-refractivity contribution in [3.63, 3.8) is 0 Å². The van der Waals surface area contributed by atoms with Gasteiger partial charge in [0.2, 0.25) is 0 Å². The highest BCUT2D eigenvalue weighted by Crippen LogP contribution is 2.20. The van der Waals surface area contributed by atoms with Crippen molar-refractivity contribution >= 4 is 0 Å². The van der Waals surface area contributed by atoms with Gasteiger partial charge in [-0.1, -0.05) is 6.08 Å². The van der Waals surface area contributed by atoms with E-state index in [0.717, 1.165) is 0 Å². The molecule has 0 aromatic rings. The second-order valence-corrected chi connectivity index (χ2v) is 3.46. The molecule has 0 aromatic carbocycles. The minimum Gasteiger partial charge on any atom is -0.388 e. The monoisotopic (exact) mass is 218 g/mol. The fraction of sp³-hybridized carbons (Fsp3) is 0.778. The summed E-state index contributed by atoms with van der Waals surface area (Å²) in [4.78, 5) is 0. The van der Waals surface area contributed by atoms with Crippen LogP contribution in [0.25, 0.3) is 0 Å². The standard InChI is InChI=1S/C9H18N2O4/c1-2-3-14-9-6(11)8(13)7(12)5(4-10)15-9/h2,5-9,12-13H,1,3-4,10-11H2/t5-,6-,7-,8-,9+/m1/s1. The molecule has 0 unspecified atom stereocenters. The Bertz CT molecular complexity index is 212. The van der Waals surface area contributed by atoms with E-state index in [-0.39, 0.29) is 13.2 Å². The van der Waals surface area contributed by atoms with Crippen molar-refractivity contribution in [1.82, 2.24) is 0 Å². The third-order valence-corrected chi connectivity index (χ3v) is 2.36. The van der Waals surface area contributed by atoms with E-state index in [1.165, 1.54) is 0 Å². The van der Waals surface area contributed by atoms with E-state index < -0.39 is 30.6 Å². The molecule has 0 saturated carbocycles. The fourth-order valence-corrected chi connectivity index (χ4v) is 1.46. The van der Waals surface area contributed by atoms with Crippen LogP contribution in [0, 0.1) is 0 Å². The van der Waals surface area contributed by atoms with E-state index in [1.807, 2.05) is 0 Å². The predicted octanol–water partition coefficient (Wildman–Crippen LogP) is -2.08. The first-order valence-corrected chi connectivity index (χ1v) is 4.81. The van der Waals surface area contributed by atoms with Gasteiger partial charge in [-0.3, -0.25) is 0 Å². The number of nitrogens with two attached hydrogens (primary N) is 2. The van der Waals surface area contributed by atoms with Crippen molar-refractivity contribution in [3.8, 4) is 0 Å². The summed E-state index contributed by atoms with van der Waals surface area (Å²) in [5, 5.41) is 19.1. The smallest absolute Gasteiger partial charge is 0.176 e. The van der Waals surface area contributed by atoms with Gasteiger partial charge in [0.15, 0.2) is 6.29 Å². The van der Waals surface area contributed by atoms with E-state index in [1.54, 1.807) is 6.08 Å². The van der Waals surface area contributed by atoms with E-state index in [9.17, 15) is 10.2 Å². The van der Waals surface area contributed by atoms with E-state index >= 15 is 0 Å². The molecule has 0 bridgehead atoms. The van der Waals surface area contributed by atoms with Gasteiger partial charge in [-0.25, -0.2) is 0 Å². The molecular weight excluding hydrogens is 200 g/mol. The largest absolute Gasteiger partial charge is 0.388 e. The summed E-state index contributed by atoms with van der Waals surface area (Å²) in [5.41, 5.74) is 11.0. The average Bonchev–Trinajstić information content (AvgIpc) is 2.25. The van der Waals surface area contributed by atoms with Gasteiger partial charge in [-0.2, -0.15) is 0 Å². The molecule has 6 N–H and O–H groups in total. The first-order chi connectivity index (χ1) is 7.11. The van der Waals surface area contributed by atoms with Crippen molar-refractivity contribution in [2.45, 2.75) is 30.6 Å². The highest BCUT2D eigenvalue weighted by molar-refractivity contribution is 4.92. The lowest BCUT2D eigenvalue weighted by atomic mass is 9.97. The van der Waals surface area contributed by atoms with Gasteiger partial charge < -0.3 is 31.2 Å². The lowest BCUT2D eigenvalue weighted by Gasteiger charge is -2.40. The lowest BCUT2D eigenvalue weighted by Crippen LogP contribution is -2.63. The maximum atomic E-state index is 9.60. The summed E-state index contributed by atoms with van der Waals surface area (Å²) >= 11 is 0. The summed E-state index contributed by atoms with van der Waals surface area (Å²) in [5.74, 6) is 0. The van der Waals surface area contributed by atoms with Crippen LogP contribution in [-0.2, 0) is 9.47 Å². The molecule has 0 aromatic heterocycles. The summed E-state index contributed by atoms with van der Waals surface area (Å²) in [6.07, 6.45) is -2.05. The first-order valence-electron chi connectivity index (χ1n) is 4.81. The predicted molar refractivity (Wildman–Crippen MR) is 53.9 cm³/mol. The Morgan fingerprint density at radius 1 is 1.40 bits per heavy atom. The number of rotatable bonds is 4. The zero-order valence-corrected chi connectivity index (χ0v) is 8.45. The van der Waals surface area contributed by atoms with Crippen LogP contribution in [-0.4, -0.2) is 54.0 Å². The molecule has 1 saturated heterocycles. The Kier molecular flexibility index (Phi) is 4.65. The highest BCUT2D eigenvalue weighted by atomic mass is 16.7. The maximum absolute atomic E-state index is 9.60. The quantitative estimate of drug-likeness (QED) is 0.403. The Hall–Kier alpha value is -0.500. The molecule has 1 aliphatic rings. The van der Waals surface area contributed by atoms with Crippen LogP contribution in [0.2, 0.25) is 0 Å². The van der Waals surface area contributed by atoms with Crippen LogP contribution in [0.1, 0.15) is 0 Å². The molecule has 0 spiro atoms. The van der Waals surface area contributed by atoms with Crippen LogP contribution in [0.4, 0.5) is 0 Å². The molecule has 1 rings (SSSR count). The van der Waals surface area contributed by atoms with Crippen molar-refractivity contribution in [2.24, 2.45) is 11.5 Å². The maximum Gasteiger partial charge on any atom is 0.176 e. The summed E-state index contributed by atoms with van der Waals surface area (Å²) in [6, 6.07) is -0.789. The SMILES string of the molecule is C=CCO[C@H]1O[C@H](CN)[C@@H](O)[C@H](O)[C@H]1N. The molecule has 1 aliphatic heterocycles. The molecule has 5 atom stereocenters. The number of aliphatic hydroxyl groups excluding tert-OH is 2. The lowest BCUT2D eigenvalue weighted by molar-refractivity contribution is -0.253. The minimum absolute atomic E-state index is 0.0961. The van der Waals surface area contributed by atoms with Crippen LogP contribution in [0.15, 0.2) is 12.7 Å². The second kappa shape index (κ2) is 5.55. The van der Waals surface area contributed by atoms with Crippen LogP contribution in [0.5, 0.6) is 0 Å². The van der Waals surface area contributed by atoms with E-state index in [2.05, 4.69) is 6.58 Å². The topological polar surface area (TPSA) is 111 Å². The van der Waals surface area contributed by atoms with Gasteiger partial charge in [-0.05, 0) is 0 Å². The molecule has 0 aliphatic carbocycles. The van der Waals surface area contributed by atoms with Crippen molar-refractivity contribution in [1.29, 1.82) is 0 Å². The molecule has 6 nitrogen and oxygen atoms in total. The first kappa shape index (κ1) is 12.6. The highest BCUT2D eigenvalue weighted by Gasteiger charge is 2.42. The van der Waals surface area contributed by atoms with E-state index in [4.69, 9.17) is 20.9 Å². The minimum atomic E-state index is -1.10. The van der Waals surface area contributed by atoms with Gasteiger partial charge in [0.25, 0.3) is 0 Å². The van der Waals surface area contributed by atoms with Crippen molar-refractivity contribution in [2.75, 3.05) is 13.2 Å². The van der Waals surface area contributed by atoms with Crippen molar-refractivity contribution in [3.05, 3.63) is 12.7 Å². The van der Waals surface area contributed by atoms with Crippen molar-refractivity contribution < 1.29 is 19.7 Å². The van der Waals surface area contributed by atoms with E-state index in [0.29, 0.717) is 0 Å². The molecule has 88 valence electrons. The number of hydrogen-bond donors (Lipinski definition) is 4. The summed E-state index contributed by atoms with van der Waals surface area (Å²) < 4.78 is 10.5. The summed E-state index contributed by atoms with van der Waals surface area (Å²) in [6.45, 7) is 3.84. The second-order valence-electron chi connectivity index (χ2n) is 3.46. The Morgan fingerprint density at radius 3 is 2.60 bits per heavy atom. The average molecular weight is 218 g/mol. The van der Waals surface area contributed by atoms with Crippen LogP contribution < -0.4 is 11.5 Å². The van der Waals surface area contributed by atoms with Crippen LogP contribution >= 0.6 is 0 Å². The molecule has 15 heavy (non-hydrogen) atoms. The Balaban J connectivity index is 2.60. The van der Waals surface area contributed by atoms with Gasteiger partial charge in [-0.15, -0.1) is 6.58 Å². The molecule has 6 heteroatoms. The van der Waals surface area contributed by atoms with Gasteiger partial charge in [0.05, 0.1) is 12.6 Å². The Morgan fingerprint density at radius 2 is 2.07 bits per heavy atom. The number of aliphatic hydroxyl groups is 2. The van der Waals surface area contributed by atoms with Gasteiger partial charge >= 0.3 is 0 Å². The molecule has 0 amide bonds. The number of hydrogen-bond acceptors (Lipinski definition) is 6. The van der Waals surface area contributed by atoms with Crippen LogP contribution in [0.3, 0.4) is 0 Å². The fourth-order valence-electron chi connectivity index (χ4n) is 1.46. The van der Waals surface area contributed by atoms with Gasteiger partial charge in [0, 0.05) is 6.54 Å². The van der Waals surface area contributed by atoms with Gasteiger partial charge in [0.1, 0.15) is 18.3 Å². The zero-order valence-electron chi connectivity index (χ0n) is 8.45. The normalized spacial score (nSPS) is 41.5. The Labute approximate surface area is 88.5 Å².